The first-order chi connectivity index (χ1) is 11.8. The van der Waals surface area contributed by atoms with Crippen molar-refractivity contribution in [1.29, 1.82) is 0 Å². The molecule has 2 amide bonds. The van der Waals surface area contributed by atoms with Crippen LogP contribution in [0.3, 0.4) is 0 Å². The van der Waals surface area contributed by atoms with E-state index in [9.17, 15) is 4.79 Å². The van der Waals surface area contributed by atoms with Crippen LogP contribution in [0.2, 0.25) is 0 Å². The minimum absolute atomic E-state index is 0.0351. The second-order valence-corrected chi connectivity index (χ2v) is 7.75. The van der Waals surface area contributed by atoms with E-state index >= 15 is 0 Å². The van der Waals surface area contributed by atoms with Gasteiger partial charge >= 0.3 is 6.03 Å². The first-order valence-electron chi connectivity index (χ1n) is 9.16. The Bertz CT molecular complexity index is 658. The summed E-state index contributed by atoms with van der Waals surface area (Å²) in [6, 6.07) is 8.32. The fourth-order valence-electron chi connectivity index (χ4n) is 5.24. The fraction of sp³-hybridized carbons (Fsp3) is 0.632. The first-order valence-corrected chi connectivity index (χ1v) is 9.16. The lowest BCUT2D eigenvalue weighted by Gasteiger charge is -2.63. The van der Waals surface area contributed by atoms with Gasteiger partial charge in [0, 0.05) is 24.0 Å². The Morgan fingerprint density at radius 1 is 1.21 bits per heavy atom. The molecular weight excluding hydrogens is 304 g/mol. The highest BCUT2D eigenvalue weighted by Gasteiger charge is 2.67. The lowest BCUT2D eigenvalue weighted by Crippen LogP contribution is -2.72. The third-order valence-electron chi connectivity index (χ3n) is 6.54. The van der Waals surface area contributed by atoms with Gasteiger partial charge in [-0.25, -0.2) is 4.79 Å². The number of rotatable bonds is 2. The third kappa shape index (κ3) is 2.07. The van der Waals surface area contributed by atoms with Crippen LogP contribution in [0, 0.1) is 11.3 Å². The predicted molar refractivity (Wildman–Crippen MR) is 89.0 cm³/mol. The van der Waals surface area contributed by atoms with Gasteiger partial charge in [-0.3, -0.25) is 0 Å². The van der Waals surface area contributed by atoms with Crippen LogP contribution in [-0.4, -0.2) is 37.4 Å². The highest BCUT2D eigenvalue weighted by molar-refractivity contribution is 5.75. The Kier molecular flexibility index (Phi) is 3.27. The lowest BCUT2D eigenvalue weighted by atomic mass is 9.46. The number of hydrogen-bond donors (Lipinski definition) is 2. The van der Waals surface area contributed by atoms with Crippen LogP contribution in [0.5, 0.6) is 5.75 Å². The van der Waals surface area contributed by atoms with Crippen molar-refractivity contribution in [2.24, 2.45) is 11.3 Å². The van der Waals surface area contributed by atoms with E-state index in [1.165, 1.54) is 19.3 Å². The molecule has 2 aliphatic heterocycles. The first kappa shape index (κ1) is 14.6. The predicted octanol–water partition coefficient (Wildman–Crippen LogP) is 2.25. The number of fused-ring (bicyclic) bond motifs is 3. The van der Waals surface area contributed by atoms with Crippen molar-refractivity contribution < 1.29 is 14.3 Å². The number of carbonyl (C=O) groups is 1. The normalized spacial score (nSPS) is 35.0. The number of urea groups is 1. The molecule has 24 heavy (non-hydrogen) atoms. The van der Waals surface area contributed by atoms with Crippen molar-refractivity contribution in [2.75, 3.05) is 13.2 Å². The summed E-state index contributed by atoms with van der Waals surface area (Å²) in [6.07, 6.45) is 5.95. The highest BCUT2D eigenvalue weighted by Crippen LogP contribution is 2.62. The van der Waals surface area contributed by atoms with Crippen molar-refractivity contribution in [3.8, 4) is 5.75 Å². The second kappa shape index (κ2) is 5.38. The van der Waals surface area contributed by atoms with Gasteiger partial charge in [-0.15, -0.1) is 0 Å². The molecule has 1 saturated heterocycles. The zero-order valence-electron chi connectivity index (χ0n) is 13.8. The van der Waals surface area contributed by atoms with Gasteiger partial charge in [-0.05, 0) is 37.3 Å². The molecule has 4 atom stereocenters. The molecule has 0 bridgehead atoms. The largest absolute Gasteiger partial charge is 0.491 e. The average molecular weight is 328 g/mol. The zero-order valence-corrected chi connectivity index (χ0v) is 13.8. The molecule has 1 aromatic rings. The van der Waals surface area contributed by atoms with Gasteiger partial charge in [0.05, 0.1) is 12.1 Å². The summed E-state index contributed by atoms with van der Waals surface area (Å²) in [4.78, 5) is 12.5. The molecule has 4 aliphatic rings. The summed E-state index contributed by atoms with van der Waals surface area (Å²) >= 11 is 0. The highest BCUT2D eigenvalue weighted by atomic mass is 16.5. The van der Waals surface area contributed by atoms with Gasteiger partial charge in [0.15, 0.2) is 0 Å². The van der Waals surface area contributed by atoms with Crippen molar-refractivity contribution in [3.05, 3.63) is 29.8 Å². The molecule has 1 spiro atoms. The Hall–Kier alpha value is -1.75. The van der Waals surface area contributed by atoms with Crippen molar-refractivity contribution in [2.45, 2.75) is 50.3 Å². The standard InChI is InChI=1S/C19H24N2O3/c22-18(20-13-10-12-4-1-2-5-15(12)24-11-13)21-16-14-6-9-23-17(14)19(16)7-3-8-19/h1-2,4-5,13-14,16-17H,3,6-11H2,(H2,20,21,22)/t13-,14-,16+,17+/m0/s1. The van der Waals surface area contributed by atoms with Crippen molar-refractivity contribution in [3.63, 3.8) is 0 Å². The summed E-state index contributed by atoms with van der Waals surface area (Å²) < 4.78 is 11.7. The Labute approximate surface area is 142 Å². The number of benzene rings is 1. The molecule has 128 valence electrons. The molecule has 5 heteroatoms. The van der Waals surface area contributed by atoms with E-state index in [-0.39, 0.29) is 23.5 Å². The van der Waals surface area contributed by atoms with E-state index in [4.69, 9.17) is 9.47 Å². The van der Waals surface area contributed by atoms with E-state index in [0.29, 0.717) is 18.6 Å². The summed E-state index contributed by atoms with van der Waals surface area (Å²) in [7, 11) is 0. The summed E-state index contributed by atoms with van der Waals surface area (Å²) in [5.41, 5.74) is 1.39. The van der Waals surface area contributed by atoms with Gasteiger partial charge in [0.25, 0.3) is 0 Å². The number of hydrogen-bond acceptors (Lipinski definition) is 3. The zero-order chi connectivity index (χ0) is 16.1. The van der Waals surface area contributed by atoms with Gasteiger partial charge < -0.3 is 20.1 Å². The van der Waals surface area contributed by atoms with E-state index in [1.54, 1.807) is 0 Å². The molecule has 5 nitrogen and oxygen atoms in total. The molecule has 0 unspecified atom stereocenters. The molecular formula is C19H24N2O3. The SMILES string of the molecule is O=C(N[C@@H]1COc2ccccc2C1)N[C@@H]1[C@@H]2CCO[C@H]2C12CCC2. The molecule has 2 saturated carbocycles. The number of para-hydroxylation sites is 1. The fourth-order valence-corrected chi connectivity index (χ4v) is 5.24. The molecule has 0 aromatic heterocycles. The monoisotopic (exact) mass is 328 g/mol. The minimum Gasteiger partial charge on any atom is -0.491 e. The Morgan fingerprint density at radius 2 is 2.08 bits per heavy atom. The summed E-state index contributed by atoms with van der Waals surface area (Å²) in [6.45, 7) is 1.39. The number of nitrogens with one attached hydrogen (secondary N) is 2. The van der Waals surface area contributed by atoms with Crippen LogP contribution in [0.1, 0.15) is 31.2 Å². The number of amides is 2. The Morgan fingerprint density at radius 3 is 2.92 bits per heavy atom. The van der Waals surface area contributed by atoms with Crippen LogP contribution in [0.15, 0.2) is 24.3 Å². The lowest BCUT2D eigenvalue weighted by molar-refractivity contribution is -0.172. The molecule has 2 heterocycles. The molecule has 0 radical (unpaired) electrons. The molecule has 2 aliphatic carbocycles. The van der Waals surface area contributed by atoms with Gasteiger partial charge in [0.1, 0.15) is 12.4 Å². The summed E-state index contributed by atoms with van der Waals surface area (Å²) in [5.74, 6) is 1.45. The molecule has 2 N–H and O–H groups in total. The maximum absolute atomic E-state index is 12.5. The molecule has 1 aromatic carbocycles. The van der Waals surface area contributed by atoms with Crippen LogP contribution in [0.25, 0.3) is 0 Å². The quantitative estimate of drug-likeness (QED) is 0.875. The topological polar surface area (TPSA) is 59.6 Å². The minimum atomic E-state index is -0.0513. The second-order valence-electron chi connectivity index (χ2n) is 7.75. The van der Waals surface area contributed by atoms with Gasteiger partial charge in [0.2, 0.25) is 0 Å². The summed E-state index contributed by atoms with van der Waals surface area (Å²) in [5, 5.41) is 6.38. The van der Waals surface area contributed by atoms with Crippen LogP contribution >= 0.6 is 0 Å². The van der Waals surface area contributed by atoms with Crippen LogP contribution in [0.4, 0.5) is 4.79 Å². The third-order valence-corrected chi connectivity index (χ3v) is 6.54. The number of carbonyl (C=O) groups excluding carboxylic acids is 1. The molecule has 3 fully saturated rings. The van der Waals surface area contributed by atoms with E-state index in [2.05, 4.69) is 16.7 Å². The number of ether oxygens (including phenoxy) is 2. The maximum Gasteiger partial charge on any atom is 0.315 e. The van der Waals surface area contributed by atoms with Crippen LogP contribution in [-0.2, 0) is 11.2 Å². The molecule has 5 rings (SSSR count). The van der Waals surface area contributed by atoms with E-state index in [0.717, 1.165) is 30.8 Å². The maximum atomic E-state index is 12.5. The van der Waals surface area contributed by atoms with Gasteiger partial charge in [-0.1, -0.05) is 24.6 Å². The Balaban J connectivity index is 1.21. The van der Waals surface area contributed by atoms with Gasteiger partial charge in [-0.2, -0.15) is 0 Å². The van der Waals surface area contributed by atoms with Crippen LogP contribution < -0.4 is 15.4 Å². The van der Waals surface area contributed by atoms with Crippen molar-refractivity contribution in [1.82, 2.24) is 10.6 Å². The smallest absolute Gasteiger partial charge is 0.315 e. The van der Waals surface area contributed by atoms with E-state index in [1.807, 2.05) is 18.2 Å². The van der Waals surface area contributed by atoms with Crippen molar-refractivity contribution >= 4 is 6.03 Å². The van der Waals surface area contributed by atoms with E-state index < -0.39 is 0 Å². The average Bonchev–Trinajstić information content (AvgIpc) is 2.96.